The molecule has 0 bridgehead atoms. The summed E-state index contributed by atoms with van der Waals surface area (Å²) in [6, 6.07) is 1.51. The van der Waals surface area contributed by atoms with E-state index in [1.54, 1.807) is 0 Å². The van der Waals surface area contributed by atoms with Crippen molar-refractivity contribution in [2.75, 3.05) is 0 Å². The van der Waals surface area contributed by atoms with Gasteiger partial charge in [0.15, 0.2) is 0 Å². The van der Waals surface area contributed by atoms with E-state index in [9.17, 15) is 18.5 Å². The second kappa shape index (κ2) is 4.05. The van der Waals surface area contributed by atoms with Crippen molar-refractivity contribution < 1.29 is 13.3 Å². The van der Waals surface area contributed by atoms with Crippen molar-refractivity contribution in [3.05, 3.63) is 52.5 Å². The Bertz CT molecular complexity index is 630. The third-order valence-corrected chi connectivity index (χ3v) is 5.04. The van der Waals surface area contributed by atoms with Crippen molar-refractivity contribution in [2.45, 2.75) is 18.1 Å². The van der Waals surface area contributed by atoms with Crippen LogP contribution in [0.5, 0.6) is 0 Å². The third-order valence-electron chi connectivity index (χ3n) is 2.85. The highest BCUT2D eigenvalue weighted by molar-refractivity contribution is 7.91. The lowest BCUT2D eigenvalue weighted by Gasteiger charge is -2.25. The second-order valence-electron chi connectivity index (χ2n) is 4.12. The summed E-state index contributed by atoms with van der Waals surface area (Å²) in [5.74, 6) is 0. The Kier molecular flexibility index (Phi) is 2.81. The summed E-state index contributed by atoms with van der Waals surface area (Å²) in [6.45, 7) is 1.51. The molecule has 0 saturated carbocycles. The van der Waals surface area contributed by atoms with E-state index in [1.165, 1.54) is 43.6 Å². The molecule has 1 aromatic heterocycles. The number of rotatable bonds is 3. The summed E-state index contributed by atoms with van der Waals surface area (Å²) in [5.41, 5.74) is -0.0943. The van der Waals surface area contributed by atoms with Crippen molar-refractivity contribution in [1.29, 1.82) is 0 Å². The summed E-state index contributed by atoms with van der Waals surface area (Å²) in [6.07, 6.45) is 6.60. The van der Waals surface area contributed by atoms with Crippen molar-refractivity contribution in [2.24, 2.45) is 0 Å². The van der Waals surface area contributed by atoms with Crippen LogP contribution in [-0.2, 0) is 10.0 Å². The smallest absolute Gasteiger partial charge is 0.258 e. The predicted octanol–water partition coefficient (Wildman–Crippen LogP) is 0.940. The van der Waals surface area contributed by atoms with Crippen molar-refractivity contribution >= 4 is 10.0 Å². The van der Waals surface area contributed by atoms with E-state index in [2.05, 4.69) is 5.10 Å². The number of aromatic nitrogens is 2. The molecule has 2 rings (SSSR count). The minimum absolute atomic E-state index is 0.0437. The molecule has 7 nitrogen and oxygen atoms in total. The van der Waals surface area contributed by atoms with Crippen LogP contribution < -0.4 is 0 Å². The van der Waals surface area contributed by atoms with Gasteiger partial charge in [0, 0.05) is 12.3 Å². The summed E-state index contributed by atoms with van der Waals surface area (Å²) >= 11 is 0. The van der Waals surface area contributed by atoms with Gasteiger partial charge in [-0.05, 0) is 25.5 Å². The third kappa shape index (κ3) is 1.84. The Morgan fingerprint density at radius 2 is 2.28 bits per heavy atom. The predicted molar refractivity (Wildman–Crippen MR) is 63.8 cm³/mol. The van der Waals surface area contributed by atoms with E-state index < -0.39 is 19.7 Å². The Labute approximate surface area is 104 Å². The quantitative estimate of drug-likeness (QED) is 0.601. The van der Waals surface area contributed by atoms with Gasteiger partial charge in [0.05, 0.1) is 11.1 Å². The largest absolute Gasteiger partial charge is 0.265 e. The van der Waals surface area contributed by atoms with Gasteiger partial charge >= 0.3 is 0 Å². The van der Waals surface area contributed by atoms with Gasteiger partial charge in [-0.3, -0.25) is 10.1 Å². The summed E-state index contributed by atoms with van der Waals surface area (Å²) in [4.78, 5) is 10.0. The maximum absolute atomic E-state index is 12.3. The molecule has 1 aliphatic carbocycles. The van der Waals surface area contributed by atoms with Crippen LogP contribution in [0.15, 0.2) is 42.4 Å². The molecule has 1 heterocycles. The summed E-state index contributed by atoms with van der Waals surface area (Å²) in [7, 11) is -3.72. The first-order chi connectivity index (χ1) is 8.37. The lowest BCUT2D eigenvalue weighted by Crippen LogP contribution is -2.38. The molecule has 0 aromatic carbocycles. The van der Waals surface area contributed by atoms with Crippen LogP contribution in [0.1, 0.15) is 13.3 Å². The van der Waals surface area contributed by atoms with E-state index in [1.807, 2.05) is 0 Å². The van der Waals surface area contributed by atoms with Gasteiger partial charge in [-0.25, -0.2) is 8.42 Å². The van der Waals surface area contributed by atoms with Crippen LogP contribution in [-0.4, -0.2) is 27.3 Å². The van der Waals surface area contributed by atoms with E-state index in [0.29, 0.717) is 0 Å². The van der Waals surface area contributed by atoms with Gasteiger partial charge in [0.1, 0.15) is 4.75 Å². The molecule has 0 saturated heterocycles. The van der Waals surface area contributed by atoms with E-state index in [4.69, 9.17) is 0 Å². The summed E-state index contributed by atoms with van der Waals surface area (Å²) < 4.78 is 24.2. The van der Waals surface area contributed by atoms with Crippen LogP contribution in [0.25, 0.3) is 0 Å². The number of hydrogen-bond donors (Lipinski definition) is 0. The topological polar surface area (TPSA) is 95.1 Å². The first kappa shape index (κ1) is 12.5. The van der Waals surface area contributed by atoms with Crippen LogP contribution >= 0.6 is 0 Å². The van der Waals surface area contributed by atoms with E-state index in [0.717, 1.165) is 4.09 Å². The molecular formula is C10H11N3O4S. The monoisotopic (exact) mass is 269 g/mol. The van der Waals surface area contributed by atoms with E-state index >= 15 is 0 Å². The normalized spacial score (nSPS) is 23.7. The highest BCUT2D eigenvalue weighted by atomic mass is 32.2. The average molecular weight is 269 g/mol. The zero-order valence-corrected chi connectivity index (χ0v) is 10.4. The SMILES string of the molecule is CC1(S(=O)(=O)n2cccn2)C=CC([N+](=O)[O-])=CC1. The van der Waals surface area contributed by atoms with Crippen LogP contribution in [0, 0.1) is 10.1 Å². The van der Waals surface area contributed by atoms with Crippen LogP contribution in [0.3, 0.4) is 0 Å². The first-order valence-electron chi connectivity index (χ1n) is 5.15. The zero-order chi connectivity index (χ0) is 13.4. The fourth-order valence-electron chi connectivity index (χ4n) is 1.64. The molecule has 0 radical (unpaired) electrons. The fraction of sp³-hybridized carbons (Fsp3) is 0.300. The standard InChI is InChI=1S/C10H11N3O4S/c1-10(5-3-9(4-6-10)13(14)15)18(16,17)12-8-2-7-11-12/h2-5,7-8H,6H2,1H3. The molecule has 1 atom stereocenters. The van der Waals surface area contributed by atoms with Gasteiger partial charge in [0.25, 0.3) is 15.7 Å². The molecule has 0 aliphatic heterocycles. The number of hydrogen-bond acceptors (Lipinski definition) is 5. The molecule has 1 aromatic rings. The maximum atomic E-state index is 12.3. The zero-order valence-electron chi connectivity index (χ0n) is 9.55. The Balaban J connectivity index is 2.37. The van der Waals surface area contributed by atoms with Gasteiger partial charge in [-0.15, -0.1) is 0 Å². The Hall–Kier alpha value is -1.96. The summed E-state index contributed by atoms with van der Waals surface area (Å²) in [5, 5.41) is 14.3. The highest BCUT2D eigenvalue weighted by Crippen LogP contribution is 2.30. The molecule has 1 aliphatic rings. The number of nitrogens with zero attached hydrogens (tertiary/aromatic N) is 3. The maximum Gasteiger partial charge on any atom is 0.265 e. The molecule has 0 fully saturated rings. The number of nitro groups is 1. The fourth-order valence-corrected chi connectivity index (χ4v) is 3.01. The Morgan fingerprint density at radius 1 is 1.56 bits per heavy atom. The number of allylic oxidation sites excluding steroid dienone is 2. The molecule has 18 heavy (non-hydrogen) atoms. The lowest BCUT2D eigenvalue weighted by molar-refractivity contribution is -0.419. The van der Waals surface area contributed by atoms with E-state index in [-0.39, 0.29) is 12.1 Å². The van der Waals surface area contributed by atoms with Crippen molar-refractivity contribution in [3.63, 3.8) is 0 Å². The molecule has 0 spiro atoms. The van der Waals surface area contributed by atoms with Gasteiger partial charge in [-0.1, -0.05) is 6.08 Å². The molecule has 1 unspecified atom stereocenters. The van der Waals surface area contributed by atoms with Crippen LogP contribution in [0.2, 0.25) is 0 Å². The van der Waals surface area contributed by atoms with Crippen LogP contribution in [0.4, 0.5) is 0 Å². The molecule has 0 N–H and O–H groups in total. The molecule has 96 valence electrons. The average Bonchev–Trinajstić information content (AvgIpc) is 2.83. The van der Waals surface area contributed by atoms with Crippen molar-refractivity contribution in [1.82, 2.24) is 9.19 Å². The lowest BCUT2D eigenvalue weighted by atomic mass is 10.0. The first-order valence-corrected chi connectivity index (χ1v) is 6.59. The highest BCUT2D eigenvalue weighted by Gasteiger charge is 2.40. The molecule has 8 heteroatoms. The minimum Gasteiger partial charge on any atom is -0.258 e. The minimum atomic E-state index is -3.72. The Morgan fingerprint density at radius 3 is 2.72 bits per heavy atom. The van der Waals surface area contributed by atoms with Gasteiger partial charge < -0.3 is 0 Å². The van der Waals surface area contributed by atoms with Gasteiger partial charge in [-0.2, -0.15) is 9.19 Å². The van der Waals surface area contributed by atoms with Crippen molar-refractivity contribution in [3.8, 4) is 0 Å². The molecular weight excluding hydrogens is 258 g/mol. The van der Waals surface area contributed by atoms with Gasteiger partial charge in [0.2, 0.25) is 0 Å². The second-order valence-corrected chi connectivity index (χ2v) is 6.38. The molecule has 0 amide bonds.